The van der Waals surface area contributed by atoms with Crippen LogP contribution in [0.5, 0.6) is 11.5 Å². The topological polar surface area (TPSA) is 68.8 Å². The molecule has 0 aliphatic rings. The van der Waals surface area contributed by atoms with Gasteiger partial charge in [-0.25, -0.2) is 0 Å². The van der Waals surface area contributed by atoms with Crippen LogP contribution in [-0.2, 0) is 4.74 Å². The van der Waals surface area contributed by atoms with Crippen molar-refractivity contribution in [3.8, 4) is 11.5 Å². The zero-order valence-corrected chi connectivity index (χ0v) is 17.9. The third-order valence-electron chi connectivity index (χ3n) is 4.07. The Morgan fingerprint density at radius 1 is 1.00 bits per heavy atom. The average molecular weight is 417 g/mol. The molecule has 2 aromatic rings. The molecule has 2 rings (SSSR count). The third-order valence-corrected chi connectivity index (χ3v) is 4.27. The molecule has 0 fully saturated rings. The van der Waals surface area contributed by atoms with Crippen molar-refractivity contribution in [2.24, 2.45) is 0 Å². The molecule has 29 heavy (non-hydrogen) atoms. The van der Waals surface area contributed by atoms with E-state index in [4.69, 9.17) is 26.4 Å². The molecule has 0 saturated heterocycles. The number of thiocarbonyl (C=S) groups is 1. The predicted octanol–water partition coefficient (Wildman–Crippen LogP) is 4.41. The highest BCUT2D eigenvalue weighted by atomic mass is 32.1. The molecule has 2 aromatic carbocycles. The van der Waals surface area contributed by atoms with E-state index in [0.717, 1.165) is 23.6 Å². The van der Waals surface area contributed by atoms with Gasteiger partial charge in [0, 0.05) is 17.9 Å². The monoisotopic (exact) mass is 416 g/mol. The van der Waals surface area contributed by atoms with E-state index in [1.165, 1.54) is 0 Å². The number of hydrogen-bond acceptors (Lipinski definition) is 5. The Morgan fingerprint density at radius 2 is 1.66 bits per heavy atom. The minimum atomic E-state index is -0.284. The zero-order chi connectivity index (χ0) is 21.1. The molecule has 1 atom stereocenters. The van der Waals surface area contributed by atoms with Crippen molar-refractivity contribution in [2.45, 2.75) is 33.3 Å². The van der Waals surface area contributed by atoms with Gasteiger partial charge in [0.15, 0.2) is 5.11 Å². The van der Waals surface area contributed by atoms with Crippen LogP contribution in [0, 0.1) is 0 Å². The second kappa shape index (κ2) is 12.0. The van der Waals surface area contributed by atoms with Crippen molar-refractivity contribution in [1.82, 2.24) is 5.32 Å². The van der Waals surface area contributed by atoms with E-state index in [2.05, 4.69) is 17.6 Å². The maximum absolute atomic E-state index is 12.3. The average Bonchev–Trinajstić information content (AvgIpc) is 2.72. The molecule has 0 bridgehead atoms. The quantitative estimate of drug-likeness (QED) is 0.442. The van der Waals surface area contributed by atoms with Gasteiger partial charge in [0.25, 0.3) is 5.91 Å². The van der Waals surface area contributed by atoms with Gasteiger partial charge in [-0.15, -0.1) is 0 Å². The zero-order valence-electron chi connectivity index (χ0n) is 17.1. The highest BCUT2D eigenvalue weighted by molar-refractivity contribution is 7.80. The van der Waals surface area contributed by atoms with Crippen molar-refractivity contribution < 1.29 is 19.0 Å². The number of amides is 1. The minimum Gasteiger partial charge on any atom is -0.491 e. The molecule has 0 heterocycles. The molecule has 1 amide bonds. The smallest absolute Gasteiger partial charge is 0.257 e. The number of carbonyl (C=O) groups is 1. The SMILES string of the molecule is CCOCCOc1ccc(NC(=S)NC(=O)c2ccc(OC(C)CC)cc2)cc1. The largest absolute Gasteiger partial charge is 0.491 e. The van der Waals surface area contributed by atoms with Crippen molar-refractivity contribution in [3.63, 3.8) is 0 Å². The van der Waals surface area contributed by atoms with Gasteiger partial charge in [-0.1, -0.05) is 6.92 Å². The number of ether oxygens (including phenoxy) is 3. The first-order valence-corrected chi connectivity index (χ1v) is 10.1. The summed E-state index contributed by atoms with van der Waals surface area (Å²) >= 11 is 5.23. The van der Waals surface area contributed by atoms with Crippen molar-refractivity contribution in [3.05, 3.63) is 54.1 Å². The Labute approximate surface area is 177 Å². The number of benzene rings is 2. The van der Waals surface area contributed by atoms with Gasteiger partial charge < -0.3 is 19.5 Å². The highest BCUT2D eigenvalue weighted by Crippen LogP contribution is 2.16. The van der Waals surface area contributed by atoms with Crippen LogP contribution in [0.1, 0.15) is 37.6 Å². The lowest BCUT2D eigenvalue weighted by molar-refractivity contribution is 0.0977. The van der Waals surface area contributed by atoms with Gasteiger partial charge in [0.2, 0.25) is 0 Å². The fourth-order valence-corrected chi connectivity index (χ4v) is 2.55. The molecule has 6 nitrogen and oxygen atoms in total. The van der Waals surface area contributed by atoms with Crippen LogP contribution >= 0.6 is 12.2 Å². The van der Waals surface area contributed by atoms with E-state index >= 15 is 0 Å². The van der Waals surface area contributed by atoms with Gasteiger partial charge >= 0.3 is 0 Å². The number of anilines is 1. The molecule has 7 heteroatoms. The van der Waals surface area contributed by atoms with Gasteiger partial charge in [-0.2, -0.15) is 0 Å². The Morgan fingerprint density at radius 3 is 2.28 bits per heavy atom. The molecule has 156 valence electrons. The van der Waals surface area contributed by atoms with Crippen LogP contribution < -0.4 is 20.1 Å². The van der Waals surface area contributed by atoms with Crippen LogP contribution in [0.15, 0.2) is 48.5 Å². The summed E-state index contributed by atoms with van der Waals surface area (Å²) in [7, 11) is 0. The number of carbonyl (C=O) groups excluding carboxylic acids is 1. The first-order chi connectivity index (χ1) is 14.0. The van der Waals surface area contributed by atoms with Gasteiger partial charge in [0.05, 0.1) is 12.7 Å². The van der Waals surface area contributed by atoms with Gasteiger partial charge in [-0.3, -0.25) is 10.1 Å². The first kappa shape index (κ1) is 22.6. The Bertz CT molecular complexity index is 778. The van der Waals surface area contributed by atoms with Gasteiger partial charge in [0.1, 0.15) is 18.1 Å². The molecule has 0 aliphatic carbocycles. The Hall–Kier alpha value is -2.64. The lowest BCUT2D eigenvalue weighted by atomic mass is 10.2. The van der Waals surface area contributed by atoms with Gasteiger partial charge in [-0.05, 0) is 81.0 Å². The first-order valence-electron chi connectivity index (χ1n) is 9.71. The molecule has 0 aromatic heterocycles. The van der Waals surface area contributed by atoms with Crippen LogP contribution in [0.25, 0.3) is 0 Å². The fourth-order valence-electron chi connectivity index (χ4n) is 2.34. The number of nitrogens with one attached hydrogen (secondary N) is 2. The number of hydrogen-bond donors (Lipinski definition) is 2. The summed E-state index contributed by atoms with van der Waals surface area (Å²) in [6.45, 7) is 7.73. The summed E-state index contributed by atoms with van der Waals surface area (Å²) in [5.74, 6) is 1.19. The van der Waals surface area contributed by atoms with E-state index in [1.54, 1.807) is 24.3 Å². The van der Waals surface area contributed by atoms with Crippen molar-refractivity contribution >= 4 is 28.9 Å². The van der Waals surface area contributed by atoms with E-state index in [-0.39, 0.29) is 17.1 Å². The molecular weight excluding hydrogens is 388 g/mol. The Kier molecular flexibility index (Phi) is 9.40. The fraction of sp³-hybridized carbons (Fsp3) is 0.364. The van der Waals surface area contributed by atoms with Crippen molar-refractivity contribution in [2.75, 3.05) is 25.1 Å². The maximum Gasteiger partial charge on any atom is 0.257 e. The second-order valence-electron chi connectivity index (χ2n) is 6.34. The molecular formula is C22H28N2O4S. The standard InChI is InChI=1S/C22H28N2O4S/c1-4-16(3)28-20-10-6-17(7-11-20)21(25)24-22(29)23-18-8-12-19(13-9-18)27-15-14-26-5-2/h6-13,16H,4-5,14-15H2,1-3H3,(H2,23,24,25,29). The summed E-state index contributed by atoms with van der Waals surface area (Å²) in [6, 6.07) is 14.3. The molecule has 0 radical (unpaired) electrons. The lowest BCUT2D eigenvalue weighted by Gasteiger charge is -2.13. The van der Waals surface area contributed by atoms with Crippen LogP contribution in [0.2, 0.25) is 0 Å². The molecule has 0 saturated carbocycles. The van der Waals surface area contributed by atoms with E-state index in [1.807, 2.05) is 38.1 Å². The highest BCUT2D eigenvalue weighted by Gasteiger charge is 2.09. The van der Waals surface area contributed by atoms with E-state index in [9.17, 15) is 4.79 Å². The second-order valence-corrected chi connectivity index (χ2v) is 6.75. The normalized spacial score (nSPS) is 11.4. The summed E-state index contributed by atoms with van der Waals surface area (Å²) in [6.07, 6.45) is 1.05. The van der Waals surface area contributed by atoms with Crippen molar-refractivity contribution in [1.29, 1.82) is 0 Å². The molecule has 2 N–H and O–H groups in total. The summed E-state index contributed by atoms with van der Waals surface area (Å²) in [5, 5.41) is 5.88. The van der Waals surface area contributed by atoms with Crippen LogP contribution in [0.4, 0.5) is 5.69 Å². The van der Waals surface area contributed by atoms with Crippen LogP contribution in [-0.4, -0.2) is 36.9 Å². The Balaban J connectivity index is 1.81. The molecule has 1 unspecified atom stereocenters. The van der Waals surface area contributed by atoms with Crippen LogP contribution in [0.3, 0.4) is 0 Å². The third kappa shape index (κ3) is 8.09. The summed E-state index contributed by atoms with van der Waals surface area (Å²) < 4.78 is 16.5. The lowest BCUT2D eigenvalue weighted by Crippen LogP contribution is -2.34. The predicted molar refractivity (Wildman–Crippen MR) is 119 cm³/mol. The maximum atomic E-state index is 12.3. The molecule has 0 spiro atoms. The molecule has 0 aliphatic heterocycles. The van der Waals surface area contributed by atoms with E-state index in [0.29, 0.717) is 25.4 Å². The number of rotatable bonds is 10. The minimum absolute atomic E-state index is 0.132. The van der Waals surface area contributed by atoms with E-state index < -0.39 is 0 Å². The summed E-state index contributed by atoms with van der Waals surface area (Å²) in [5.41, 5.74) is 1.26. The summed E-state index contributed by atoms with van der Waals surface area (Å²) in [4.78, 5) is 12.3.